The van der Waals surface area contributed by atoms with E-state index in [2.05, 4.69) is 16.5 Å². The van der Waals surface area contributed by atoms with Gasteiger partial charge in [0.2, 0.25) is 0 Å². The lowest BCUT2D eigenvalue weighted by Gasteiger charge is -2.23. The molecule has 0 bridgehead atoms. The summed E-state index contributed by atoms with van der Waals surface area (Å²) in [5, 5.41) is 0. The lowest BCUT2D eigenvalue weighted by atomic mass is 10.3. The normalized spacial score (nSPS) is 17.8. The van der Waals surface area contributed by atoms with E-state index in [1.165, 1.54) is 5.82 Å². The van der Waals surface area contributed by atoms with Gasteiger partial charge in [0.05, 0.1) is 13.2 Å². The number of rotatable bonds is 5. The molecule has 0 spiro atoms. The standard InChI is InChI=1S/C12H20N2O2/c1-2-4-11-13-6-8-14(11)7-5-12-15-9-3-10-16-12/h6,8,12H,2-5,7,9-10H2,1H3. The molecule has 16 heavy (non-hydrogen) atoms. The Morgan fingerprint density at radius 1 is 1.44 bits per heavy atom. The van der Waals surface area contributed by atoms with E-state index >= 15 is 0 Å². The maximum Gasteiger partial charge on any atom is 0.159 e. The summed E-state index contributed by atoms with van der Waals surface area (Å²) in [6, 6.07) is 0. The highest BCUT2D eigenvalue weighted by molar-refractivity contribution is 4.92. The number of ether oxygens (including phenoxy) is 2. The number of hydrogen-bond acceptors (Lipinski definition) is 3. The zero-order valence-electron chi connectivity index (χ0n) is 9.89. The fourth-order valence-corrected chi connectivity index (χ4v) is 1.94. The molecule has 0 saturated carbocycles. The van der Waals surface area contributed by atoms with Crippen LogP contribution in [-0.2, 0) is 22.4 Å². The zero-order valence-corrected chi connectivity index (χ0v) is 9.89. The Morgan fingerprint density at radius 3 is 3.00 bits per heavy atom. The van der Waals surface area contributed by atoms with Gasteiger partial charge in [0.25, 0.3) is 0 Å². The molecule has 0 unspecified atom stereocenters. The molecule has 1 aliphatic rings. The Balaban J connectivity index is 1.81. The van der Waals surface area contributed by atoms with Crippen LogP contribution in [0.3, 0.4) is 0 Å². The first kappa shape index (κ1) is 11.6. The Kier molecular flexibility index (Phi) is 4.36. The first-order valence-electron chi connectivity index (χ1n) is 6.13. The highest BCUT2D eigenvalue weighted by Crippen LogP contribution is 2.11. The fraction of sp³-hybridized carbons (Fsp3) is 0.750. The Bertz CT molecular complexity index is 306. The van der Waals surface area contributed by atoms with Crippen molar-refractivity contribution in [3.63, 3.8) is 0 Å². The number of aromatic nitrogens is 2. The first-order chi connectivity index (χ1) is 7.90. The Labute approximate surface area is 96.6 Å². The summed E-state index contributed by atoms with van der Waals surface area (Å²) in [6.07, 6.45) is 7.98. The summed E-state index contributed by atoms with van der Waals surface area (Å²) in [4.78, 5) is 4.35. The fourth-order valence-electron chi connectivity index (χ4n) is 1.94. The third-order valence-corrected chi connectivity index (χ3v) is 2.78. The van der Waals surface area contributed by atoms with Crippen LogP contribution < -0.4 is 0 Å². The molecule has 1 fully saturated rings. The van der Waals surface area contributed by atoms with Crippen LogP contribution in [0, 0.1) is 0 Å². The molecule has 0 radical (unpaired) electrons. The van der Waals surface area contributed by atoms with E-state index in [9.17, 15) is 0 Å². The third kappa shape index (κ3) is 3.06. The molecule has 2 heterocycles. The van der Waals surface area contributed by atoms with Crippen LogP contribution in [0.4, 0.5) is 0 Å². The molecular formula is C12H20N2O2. The quantitative estimate of drug-likeness (QED) is 0.767. The summed E-state index contributed by atoms with van der Waals surface area (Å²) in [5.41, 5.74) is 0. The van der Waals surface area contributed by atoms with Crippen LogP contribution in [-0.4, -0.2) is 29.1 Å². The molecule has 1 saturated heterocycles. The van der Waals surface area contributed by atoms with Crippen molar-refractivity contribution in [2.75, 3.05) is 13.2 Å². The van der Waals surface area contributed by atoms with E-state index < -0.39 is 0 Å². The molecule has 1 aliphatic heterocycles. The topological polar surface area (TPSA) is 36.3 Å². The molecule has 1 aromatic heterocycles. The van der Waals surface area contributed by atoms with Gasteiger partial charge >= 0.3 is 0 Å². The summed E-state index contributed by atoms with van der Waals surface area (Å²) in [6.45, 7) is 4.76. The average molecular weight is 224 g/mol. The van der Waals surface area contributed by atoms with Gasteiger partial charge in [0.15, 0.2) is 6.29 Å². The van der Waals surface area contributed by atoms with E-state index in [4.69, 9.17) is 9.47 Å². The largest absolute Gasteiger partial charge is 0.353 e. The Morgan fingerprint density at radius 2 is 2.25 bits per heavy atom. The van der Waals surface area contributed by atoms with Crippen molar-refractivity contribution in [3.8, 4) is 0 Å². The number of hydrogen-bond donors (Lipinski definition) is 0. The van der Waals surface area contributed by atoms with Crippen molar-refractivity contribution in [2.24, 2.45) is 0 Å². The summed E-state index contributed by atoms with van der Waals surface area (Å²) < 4.78 is 13.2. The smallest absolute Gasteiger partial charge is 0.159 e. The van der Waals surface area contributed by atoms with Crippen molar-refractivity contribution in [1.29, 1.82) is 0 Å². The number of aryl methyl sites for hydroxylation is 2. The van der Waals surface area contributed by atoms with Crippen molar-refractivity contribution in [1.82, 2.24) is 9.55 Å². The predicted molar refractivity (Wildman–Crippen MR) is 61.1 cm³/mol. The van der Waals surface area contributed by atoms with E-state index in [0.717, 1.165) is 45.4 Å². The van der Waals surface area contributed by atoms with Gasteiger partial charge in [-0.15, -0.1) is 0 Å². The van der Waals surface area contributed by atoms with Gasteiger partial charge in [-0.1, -0.05) is 6.92 Å². The highest BCUT2D eigenvalue weighted by atomic mass is 16.7. The summed E-state index contributed by atoms with van der Waals surface area (Å²) in [7, 11) is 0. The number of nitrogens with zero attached hydrogens (tertiary/aromatic N) is 2. The molecule has 0 aliphatic carbocycles. The SMILES string of the molecule is CCCc1nccn1CCC1OCCCO1. The van der Waals surface area contributed by atoms with Crippen LogP contribution >= 0.6 is 0 Å². The zero-order chi connectivity index (χ0) is 11.2. The first-order valence-corrected chi connectivity index (χ1v) is 6.13. The molecule has 0 atom stereocenters. The van der Waals surface area contributed by atoms with Crippen LogP contribution in [0.2, 0.25) is 0 Å². The number of imidazole rings is 1. The van der Waals surface area contributed by atoms with E-state index in [1.807, 2.05) is 12.4 Å². The van der Waals surface area contributed by atoms with Crippen molar-refractivity contribution >= 4 is 0 Å². The summed E-state index contributed by atoms with van der Waals surface area (Å²) in [5.74, 6) is 1.17. The molecule has 1 aromatic rings. The van der Waals surface area contributed by atoms with Gasteiger partial charge in [-0.3, -0.25) is 0 Å². The molecule has 0 aromatic carbocycles. The van der Waals surface area contributed by atoms with Crippen molar-refractivity contribution < 1.29 is 9.47 Å². The second kappa shape index (κ2) is 6.01. The molecule has 0 amide bonds. The van der Waals surface area contributed by atoms with Crippen LogP contribution in [0.5, 0.6) is 0 Å². The van der Waals surface area contributed by atoms with Crippen molar-refractivity contribution in [3.05, 3.63) is 18.2 Å². The molecule has 2 rings (SSSR count). The average Bonchev–Trinajstić information content (AvgIpc) is 2.76. The van der Waals surface area contributed by atoms with Crippen LogP contribution in [0.15, 0.2) is 12.4 Å². The maximum atomic E-state index is 5.52. The predicted octanol–water partition coefficient (Wildman–Crippen LogP) is 1.99. The maximum absolute atomic E-state index is 5.52. The highest BCUT2D eigenvalue weighted by Gasteiger charge is 2.14. The van der Waals surface area contributed by atoms with Crippen LogP contribution in [0.25, 0.3) is 0 Å². The minimum Gasteiger partial charge on any atom is -0.353 e. The molecule has 4 heteroatoms. The third-order valence-electron chi connectivity index (χ3n) is 2.78. The van der Waals surface area contributed by atoms with Gasteiger partial charge in [0.1, 0.15) is 5.82 Å². The molecule has 0 N–H and O–H groups in total. The van der Waals surface area contributed by atoms with Gasteiger partial charge in [-0.05, 0) is 12.8 Å². The molecule has 90 valence electrons. The van der Waals surface area contributed by atoms with Gasteiger partial charge in [-0.2, -0.15) is 0 Å². The van der Waals surface area contributed by atoms with E-state index in [-0.39, 0.29) is 6.29 Å². The second-order valence-corrected chi connectivity index (χ2v) is 4.10. The van der Waals surface area contributed by atoms with E-state index in [1.54, 1.807) is 0 Å². The monoisotopic (exact) mass is 224 g/mol. The minimum absolute atomic E-state index is 0.0226. The second-order valence-electron chi connectivity index (χ2n) is 4.10. The van der Waals surface area contributed by atoms with Gasteiger partial charge in [0, 0.05) is 31.8 Å². The van der Waals surface area contributed by atoms with Gasteiger partial charge < -0.3 is 14.0 Å². The molecule has 4 nitrogen and oxygen atoms in total. The molecular weight excluding hydrogens is 204 g/mol. The lowest BCUT2D eigenvalue weighted by Crippen LogP contribution is -2.26. The van der Waals surface area contributed by atoms with E-state index in [0.29, 0.717) is 0 Å². The minimum atomic E-state index is -0.0226. The Hall–Kier alpha value is -0.870. The summed E-state index contributed by atoms with van der Waals surface area (Å²) >= 11 is 0. The van der Waals surface area contributed by atoms with Crippen LogP contribution in [0.1, 0.15) is 32.0 Å². The van der Waals surface area contributed by atoms with Gasteiger partial charge in [-0.25, -0.2) is 4.98 Å². The lowest BCUT2D eigenvalue weighted by molar-refractivity contribution is -0.182. The van der Waals surface area contributed by atoms with Crippen molar-refractivity contribution in [2.45, 2.75) is 45.4 Å².